The van der Waals surface area contributed by atoms with Crippen LogP contribution >= 0.6 is 0 Å². The summed E-state index contributed by atoms with van der Waals surface area (Å²) in [5.74, 6) is 0.619. The molecule has 1 unspecified atom stereocenters. The van der Waals surface area contributed by atoms with Gasteiger partial charge in [0.05, 0.1) is 0 Å². The molecule has 0 saturated carbocycles. The molecule has 0 aromatic carbocycles. The molecule has 1 atom stereocenters. The Balaban J connectivity index is 2.21. The normalized spacial score (nSPS) is 19.4. The zero-order valence-electron chi connectivity index (χ0n) is 12.5. The highest BCUT2D eigenvalue weighted by atomic mass is 16.1. The van der Waals surface area contributed by atoms with E-state index in [4.69, 9.17) is 5.73 Å². The van der Waals surface area contributed by atoms with Crippen molar-refractivity contribution in [2.24, 2.45) is 5.73 Å². The molecular formula is C15H24N4O. The molecule has 0 spiro atoms. The monoisotopic (exact) mass is 276 g/mol. The minimum atomic E-state index is -0.261. The number of nitrogens with two attached hydrogens (primary N) is 1. The average molecular weight is 276 g/mol. The van der Waals surface area contributed by atoms with E-state index >= 15 is 0 Å². The number of hydrogen-bond acceptors (Lipinski definition) is 4. The molecule has 1 aromatic heterocycles. The van der Waals surface area contributed by atoms with E-state index in [9.17, 15) is 4.79 Å². The summed E-state index contributed by atoms with van der Waals surface area (Å²) in [4.78, 5) is 18.1. The van der Waals surface area contributed by atoms with Crippen molar-refractivity contribution < 1.29 is 4.79 Å². The predicted molar refractivity (Wildman–Crippen MR) is 80.4 cm³/mol. The summed E-state index contributed by atoms with van der Waals surface area (Å²) in [6.07, 6.45) is 3.57. The maximum absolute atomic E-state index is 11.6. The Morgan fingerprint density at radius 1 is 1.55 bits per heavy atom. The van der Waals surface area contributed by atoms with Crippen molar-refractivity contribution in [3.63, 3.8) is 0 Å². The lowest BCUT2D eigenvalue weighted by molar-refractivity contribution is -0.119. The van der Waals surface area contributed by atoms with E-state index in [1.165, 1.54) is 0 Å². The van der Waals surface area contributed by atoms with E-state index in [1.54, 1.807) is 6.20 Å². The van der Waals surface area contributed by atoms with Crippen LogP contribution < -0.4 is 16.0 Å². The summed E-state index contributed by atoms with van der Waals surface area (Å²) >= 11 is 0. The van der Waals surface area contributed by atoms with Crippen LogP contribution in [0.1, 0.15) is 39.2 Å². The van der Waals surface area contributed by atoms with Gasteiger partial charge in [-0.15, -0.1) is 0 Å². The van der Waals surface area contributed by atoms with Gasteiger partial charge < -0.3 is 16.0 Å². The summed E-state index contributed by atoms with van der Waals surface area (Å²) in [7, 11) is 0. The van der Waals surface area contributed by atoms with E-state index in [2.05, 4.69) is 37.1 Å². The van der Waals surface area contributed by atoms with Gasteiger partial charge in [-0.05, 0) is 39.7 Å². The van der Waals surface area contributed by atoms with Gasteiger partial charge in [-0.2, -0.15) is 0 Å². The highest BCUT2D eigenvalue weighted by molar-refractivity contribution is 5.84. The van der Waals surface area contributed by atoms with Crippen molar-refractivity contribution in [3.05, 3.63) is 23.9 Å². The number of amides is 1. The van der Waals surface area contributed by atoms with Crippen LogP contribution in [0.25, 0.3) is 0 Å². The number of carbonyl (C=O) groups is 1. The van der Waals surface area contributed by atoms with Gasteiger partial charge >= 0.3 is 0 Å². The zero-order valence-corrected chi connectivity index (χ0v) is 12.5. The fourth-order valence-corrected chi connectivity index (χ4v) is 2.50. The maximum atomic E-state index is 11.6. The number of carbonyl (C=O) groups excluding carboxylic acids is 1. The van der Waals surface area contributed by atoms with E-state index in [0.29, 0.717) is 0 Å². The summed E-state index contributed by atoms with van der Waals surface area (Å²) < 4.78 is 0. The fourth-order valence-electron chi connectivity index (χ4n) is 2.50. The lowest BCUT2D eigenvalue weighted by Gasteiger charge is -2.27. The van der Waals surface area contributed by atoms with Gasteiger partial charge in [-0.3, -0.25) is 4.79 Å². The van der Waals surface area contributed by atoms with Gasteiger partial charge in [0.25, 0.3) is 0 Å². The molecule has 1 saturated heterocycles. The first-order valence-electron chi connectivity index (χ1n) is 7.13. The fraction of sp³-hybridized carbons (Fsp3) is 0.600. The van der Waals surface area contributed by atoms with Gasteiger partial charge in [-0.25, -0.2) is 4.98 Å². The van der Waals surface area contributed by atoms with Crippen LogP contribution in [-0.4, -0.2) is 29.0 Å². The van der Waals surface area contributed by atoms with Gasteiger partial charge in [-0.1, -0.05) is 6.07 Å². The van der Waals surface area contributed by atoms with E-state index in [-0.39, 0.29) is 17.5 Å². The van der Waals surface area contributed by atoms with Gasteiger partial charge in [0.15, 0.2) is 0 Å². The Morgan fingerprint density at radius 3 is 2.95 bits per heavy atom. The number of rotatable bonds is 4. The first-order chi connectivity index (χ1) is 9.38. The Kier molecular flexibility index (Phi) is 4.28. The second-order valence-electron chi connectivity index (χ2n) is 6.34. The minimum absolute atomic E-state index is 0.0429. The Labute approximate surface area is 120 Å². The smallest absolute Gasteiger partial charge is 0.240 e. The second kappa shape index (κ2) is 5.79. The molecule has 0 radical (unpaired) electrons. The highest BCUT2D eigenvalue weighted by Gasteiger charge is 2.31. The molecule has 0 aliphatic carbocycles. The third-order valence-corrected chi connectivity index (χ3v) is 3.53. The maximum Gasteiger partial charge on any atom is 0.240 e. The Bertz CT molecular complexity index is 481. The molecule has 1 aliphatic rings. The van der Waals surface area contributed by atoms with Crippen LogP contribution in [0.2, 0.25) is 0 Å². The molecule has 2 rings (SSSR count). The van der Waals surface area contributed by atoms with Crippen LogP contribution in [-0.2, 0) is 11.3 Å². The number of hydrogen-bond donors (Lipinski definition) is 2. The zero-order chi connectivity index (χ0) is 14.8. The molecule has 2 heterocycles. The topological polar surface area (TPSA) is 71.2 Å². The van der Waals surface area contributed by atoms with Crippen molar-refractivity contribution in [2.75, 3.05) is 11.4 Å². The molecule has 1 fully saturated rings. The first-order valence-corrected chi connectivity index (χ1v) is 7.13. The number of anilines is 1. The third kappa shape index (κ3) is 3.48. The standard InChI is InChI=1S/C15H24N4O/c1-15(2,3)18-10-11-6-4-8-17-14(11)19-9-5-7-12(19)13(16)20/h4,6,8,12,18H,5,7,9-10H2,1-3H3,(H2,16,20). The summed E-state index contributed by atoms with van der Waals surface area (Å²) in [6.45, 7) is 7.96. The molecule has 5 heteroatoms. The first kappa shape index (κ1) is 14.8. The molecule has 1 aromatic rings. The van der Waals surface area contributed by atoms with Crippen molar-refractivity contribution in [1.82, 2.24) is 10.3 Å². The van der Waals surface area contributed by atoms with Crippen LogP contribution in [0.15, 0.2) is 18.3 Å². The molecule has 110 valence electrons. The van der Waals surface area contributed by atoms with Crippen LogP contribution in [0.4, 0.5) is 5.82 Å². The number of pyridine rings is 1. The van der Waals surface area contributed by atoms with Crippen LogP contribution in [0, 0.1) is 0 Å². The second-order valence-corrected chi connectivity index (χ2v) is 6.34. The number of nitrogens with zero attached hydrogens (tertiary/aromatic N) is 2. The Morgan fingerprint density at radius 2 is 2.30 bits per heavy atom. The largest absolute Gasteiger partial charge is 0.368 e. The lowest BCUT2D eigenvalue weighted by atomic mass is 10.1. The molecule has 20 heavy (non-hydrogen) atoms. The quantitative estimate of drug-likeness (QED) is 0.872. The predicted octanol–water partition coefficient (Wildman–Crippen LogP) is 1.42. The highest BCUT2D eigenvalue weighted by Crippen LogP contribution is 2.26. The van der Waals surface area contributed by atoms with Crippen molar-refractivity contribution in [1.29, 1.82) is 0 Å². The number of nitrogens with one attached hydrogen (secondary N) is 1. The van der Waals surface area contributed by atoms with Crippen molar-refractivity contribution in [3.8, 4) is 0 Å². The number of primary amides is 1. The van der Waals surface area contributed by atoms with Crippen LogP contribution in [0.5, 0.6) is 0 Å². The number of aromatic nitrogens is 1. The average Bonchev–Trinajstić information content (AvgIpc) is 2.85. The van der Waals surface area contributed by atoms with Crippen molar-refractivity contribution in [2.45, 2.75) is 51.7 Å². The van der Waals surface area contributed by atoms with Crippen LogP contribution in [0.3, 0.4) is 0 Å². The molecule has 1 aliphatic heterocycles. The van der Waals surface area contributed by atoms with E-state index in [0.717, 1.165) is 37.3 Å². The summed E-state index contributed by atoms with van der Waals surface area (Å²) in [6, 6.07) is 3.76. The van der Waals surface area contributed by atoms with Gasteiger partial charge in [0.1, 0.15) is 11.9 Å². The summed E-state index contributed by atoms with van der Waals surface area (Å²) in [5, 5.41) is 3.46. The molecule has 0 bridgehead atoms. The van der Waals surface area contributed by atoms with E-state index < -0.39 is 0 Å². The Hall–Kier alpha value is -1.62. The molecular weight excluding hydrogens is 252 g/mol. The van der Waals surface area contributed by atoms with Crippen molar-refractivity contribution >= 4 is 11.7 Å². The minimum Gasteiger partial charge on any atom is -0.368 e. The lowest BCUT2D eigenvalue weighted by Crippen LogP contribution is -2.42. The molecule has 3 N–H and O–H groups in total. The summed E-state index contributed by atoms with van der Waals surface area (Å²) in [5.41, 5.74) is 6.64. The SMILES string of the molecule is CC(C)(C)NCc1cccnc1N1CCCC1C(N)=O. The third-order valence-electron chi connectivity index (χ3n) is 3.53. The van der Waals surface area contributed by atoms with Gasteiger partial charge in [0.2, 0.25) is 5.91 Å². The molecule has 1 amide bonds. The van der Waals surface area contributed by atoms with E-state index in [1.807, 2.05) is 11.0 Å². The molecule has 5 nitrogen and oxygen atoms in total. The van der Waals surface area contributed by atoms with Gasteiger partial charge in [0, 0.05) is 30.4 Å².